The number of benzene rings is 2. The SMILES string of the molecule is CC(C)(C(=O)OCC(=O)NNC(=O)c1ccc([N+](=O)[O-])cc1)c1ccccc1. The summed E-state index contributed by atoms with van der Waals surface area (Å²) in [6.07, 6.45) is 0. The van der Waals surface area contributed by atoms with Crippen LogP contribution in [0.2, 0.25) is 0 Å². The summed E-state index contributed by atoms with van der Waals surface area (Å²) in [5.41, 5.74) is 4.02. The number of nitrogens with zero attached hydrogens (tertiary/aromatic N) is 1. The molecule has 0 bridgehead atoms. The minimum Gasteiger partial charge on any atom is -0.455 e. The Balaban J connectivity index is 1.83. The summed E-state index contributed by atoms with van der Waals surface area (Å²) < 4.78 is 5.03. The van der Waals surface area contributed by atoms with Gasteiger partial charge in [0.05, 0.1) is 10.3 Å². The lowest BCUT2D eigenvalue weighted by Crippen LogP contribution is -2.44. The van der Waals surface area contributed by atoms with Gasteiger partial charge in [-0.05, 0) is 31.5 Å². The molecule has 9 heteroatoms. The number of carbonyl (C=O) groups is 3. The molecule has 0 atom stereocenters. The van der Waals surface area contributed by atoms with E-state index in [0.29, 0.717) is 0 Å². The maximum absolute atomic E-state index is 12.3. The minimum atomic E-state index is -0.941. The van der Waals surface area contributed by atoms with Crippen molar-refractivity contribution in [2.24, 2.45) is 0 Å². The molecular weight excluding hydrogens is 366 g/mol. The van der Waals surface area contributed by atoms with Crippen molar-refractivity contribution in [1.29, 1.82) is 0 Å². The van der Waals surface area contributed by atoms with Crippen LogP contribution in [0.5, 0.6) is 0 Å². The van der Waals surface area contributed by atoms with Gasteiger partial charge in [0.25, 0.3) is 17.5 Å². The van der Waals surface area contributed by atoms with E-state index in [-0.39, 0.29) is 11.3 Å². The van der Waals surface area contributed by atoms with Crippen molar-refractivity contribution in [2.75, 3.05) is 6.61 Å². The van der Waals surface area contributed by atoms with Crippen LogP contribution in [0.1, 0.15) is 29.8 Å². The number of ether oxygens (including phenoxy) is 1. The summed E-state index contributed by atoms with van der Waals surface area (Å²) in [7, 11) is 0. The van der Waals surface area contributed by atoms with Crippen molar-refractivity contribution in [3.8, 4) is 0 Å². The van der Waals surface area contributed by atoms with Crippen molar-refractivity contribution in [3.05, 3.63) is 75.8 Å². The molecule has 0 saturated carbocycles. The van der Waals surface area contributed by atoms with Gasteiger partial charge in [0, 0.05) is 17.7 Å². The first kappa shape index (κ1) is 20.6. The van der Waals surface area contributed by atoms with Gasteiger partial charge in [-0.2, -0.15) is 0 Å². The molecule has 0 fully saturated rings. The predicted octanol–water partition coefficient (Wildman–Crippen LogP) is 1.88. The molecule has 0 aliphatic rings. The fourth-order valence-corrected chi connectivity index (χ4v) is 2.25. The van der Waals surface area contributed by atoms with E-state index in [1.807, 2.05) is 6.07 Å². The molecule has 0 aliphatic carbocycles. The fourth-order valence-electron chi connectivity index (χ4n) is 2.25. The lowest BCUT2D eigenvalue weighted by molar-refractivity contribution is -0.384. The van der Waals surface area contributed by atoms with Crippen molar-refractivity contribution < 1.29 is 24.0 Å². The molecule has 0 unspecified atom stereocenters. The van der Waals surface area contributed by atoms with Gasteiger partial charge in [-0.3, -0.25) is 35.3 Å². The predicted molar refractivity (Wildman–Crippen MR) is 99.1 cm³/mol. The number of non-ortho nitro benzene ring substituents is 1. The molecule has 0 aliphatic heterocycles. The molecule has 0 radical (unpaired) electrons. The second kappa shape index (κ2) is 8.76. The quantitative estimate of drug-likeness (QED) is 0.444. The Morgan fingerprint density at radius 1 is 1.00 bits per heavy atom. The summed E-state index contributed by atoms with van der Waals surface area (Å²) in [6, 6.07) is 13.8. The first-order valence-electron chi connectivity index (χ1n) is 8.28. The molecule has 0 spiro atoms. The topological polar surface area (TPSA) is 128 Å². The largest absolute Gasteiger partial charge is 0.455 e. The summed E-state index contributed by atoms with van der Waals surface area (Å²) in [4.78, 5) is 46.0. The summed E-state index contributed by atoms with van der Waals surface area (Å²) in [6.45, 7) is 2.79. The summed E-state index contributed by atoms with van der Waals surface area (Å²) in [5, 5.41) is 10.6. The van der Waals surface area contributed by atoms with Gasteiger partial charge >= 0.3 is 5.97 Å². The molecule has 0 heterocycles. The minimum absolute atomic E-state index is 0.119. The molecule has 2 aromatic rings. The Labute approximate surface area is 160 Å². The zero-order chi connectivity index (χ0) is 20.7. The molecule has 2 aromatic carbocycles. The Hall–Kier alpha value is -3.75. The Bertz CT molecular complexity index is 878. The van der Waals surface area contributed by atoms with E-state index in [1.54, 1.807) is 38.1 Å². The van der Waals surface area contributed by atoms with E-state index >= 15 is 0 Å². The van der Waals surface area contributed by atoms with E-state index in [2.05, 4.69) is 10.9 Å². The van der Waals surface area contributed by atoms with Crippen LogP contribution in [0.25, 0.3) is 0 Å². The lowest BCUT2D eigenvalue weighted by atomic mass is 9.85. The molecule has 146 valence electrons. The van der Waals surface area contributed by atoms with Gasteiger partial charge in [0.1, 0.15) is 0 Å². The standard InChI is InChI=1S/C19H19N3O6/c1-19(2,14-6-4-3-5-7-14)18(25)28-12-16(23)20-21-17(24)13-8-10-15(11-9-13)22(26)27/h3-11H,12H2,1-2H3,(H,20,23)(H,21,24). The second-order valence-electron chi connectivity index (χ2n) is 6.37. The second-order valence-corrected chi connectivity index (χ2v) is 6.37. The van der Waals surface area contributed by atoms with Crippen molar-refractivity contribution in [2.45, 2.75) is 19.3 Å². The maximum Gasteiger partial charge on any atom is 0.316 e. The molecule has 2 rings (SSSR count). The van der Waals surface area contributed by atoms with Crippen LogP contribution >= 0.6 is 0 Å². The monoisotopic (exact) mass is 385 g/mol. The van der Waals surface area contributed by atoms with Crippen molar-refractivity contribution in [3.63, 3.8) is 0 Å². The molecule has 2 amide bonds. The highest BCUT2D eigenvalue weighted by molar-refractivity contribution is 5.95. The molecule has 0 aromatic heterocycles. The highest BCUT2D eigenvalue weighted by atomic mass is 16.6. The van der Waals surface area contributed by atoms with Gasteiger partial charge in [0.15, 0.2) is 6.61 Å². The van der Waals surface area contributed by atoms with Crippen molar-refractivity contribution >= 4 is 23.5 Å². The Morgan fingerprint density at radius 2 is 1.61 bits per heavy atom. The zero-order valence-corrected chi connectivity index (χ0v) is 15.3. The van der Waals surface area contributed by atoms with E-state index in [1.165, 1.54) is 24.3 Å². The van der Waals surface area contributed by atoms with Crippen LogP contribution < -0.4 is 10.9 Å². The van der Waals surface area contributed by atoms with Crippen LogP contribution in [0.3, 0.4) is 0 Å². The van der Waals surface area contributed by atoms with E-state index in [4.69, 9.17) is 4.74 Å². The molecule has 2 N–H and O–H groups in total. The Kier molecular flexibility index (Phi) is 6.43. The zero-order valence-electron chi connectivity index (χ0n) is 15.3. The number of esters is 1. The average molecular weight is 385 g/mol. The van der Waals surface area contributed by atoms with Crippen LogP contribution in [0, 0.1) is 10.1 Å². The smallest absolute Gasteiger partial charge is 0.316 e. The maximum atomic E-state index is 12.3. The fraction of sp³-hybridized carbons (Fsp3) is 0.211. The van der Waals surface area contributed by atoms with Gasteiger partial charge in [-0.1, -0.05) is 30.3 Å². The van der Waals surface area contributed by atoms with Crippen LogP contribution in [-0.2, 0) is 19.7 Å². The molecule has 9 nitrogen and oxygen atoms in total. The van der Waals surface area contributed by atoms with E-state index < -0.39 is 34.7 Å². The number of nitro groups is 1. The number of amides is 2. The van der Waals surface area contributed by atoms with Crippen molar-refractivity contribution in [1.82, 2.24) is 10.9 Å². The van der Waals surface area contributed by atoms with Gasteiger partial charge in [-0.25, -0.2) is 0 Å². The first-order chi connectivity index (χ1) is 13.2. The Morgan fingerprint density at radius 3 is 2.18 bits per heavy atom. The highest BCUT2D eigenvalue weighted by Gasteiger charge is 2.31. The third kappa shape index (κ3) is 5.13. The normalized spacial score (nSPS) is 10.6. The van der Waals surface area contributed by atoms with Crippen LogP contribution in [0.15, 0.2) is 54.6 Å². The first-order valence-corrected chi connectivity index (χ1v) is 8.28. The van der Waals surface area contributed by atoms with E-state index in [9.17, 15) is 24.5 Å². The van der Waals surface area contributed by atoms with Gasteiger partial charge in [-0.15, -0.1) is 0 Å². The highest BCUT2D eigenvalue weighted by Crippen LogP contribution is 2.24. The molecule has 28 heavy (non-hydrogen) atoms. The molecular formula is C19H19N3O6. The summed E-state index contributed by atoms with van der Waals surface area (Å²) >= 11 is 0. The number of nitro benzene ring substituents is 1. The number of carbonyl (C=O) groups excluding carboxylic acids is 3. The molecule has 0 saturated heterocycles. The average Bonchev–Trinajstić information content (AvgIpc) is 2.70. The lowest BCUT2D eigenvalue weighted by Gasteiger charge is -2.22. The van der Waals surface area contributed by atoms with Gasteiger partial charge < -0.3 is 4.74 Å². The number of hydrazine groups is 1. The van der Waals surface area contributed by atoms with Crippen LogP contribution in [-0.4, -0.2) is 29.3 Å². The number of hydrogen-bond donors (Lipinski definition) is 2. The number of hydrogen-bond acceptors (Lipinski definition) is 6. The van der Waals surface area contributed by atoms with Gasteiger partial charge in [0.2, 0.25) is 0 Å². The van der Waals surface area contributed by atoms with Crippen LogP contribution in [0.4, 0.5) is 5.69 Å². The third-order valence-electron chi connectivity index (χ3n) is 4.00. The third-order valence-corrected chi connectivity index (χ3v) is 4.00. The number of nitrogens with one attached hydrogen (secondary N) is 2. The number of rotatable bonds is 6. The van der Waals surface area contributed by atoms with E-state index in [0.717, 1.165) is 5.56 Å². The summed E-state index contributed by atoms with van der Waals surface area (Å²) in [5.74, 6) is -1.98.